The predicted molar refractivity (Wildman–Crippen MR) is 75.3 cm³/mol. The molecule has 1 amide bonds. The SMILES string of the molecule is CC(C)N(C)CCCNC(=O)C1CCCC1CN. The third kappa shape index (κ3) is 4.58. The smallest absolute Gasteiger partial charge is 0.223 e. The molecule has 1 aliphatic carbocycles. The predicted octanol–water partition coefficient (Wildman–Crippen LogP) is 1.21. The van der Waals surface area contributed by atoms with Crippen LogP contribution in [0.2, 0.25) is 0 Å². The van der Waals surface area contributed by atoms with Crippen LogP contribution in [-0.4, -0.2) is 43.5 Å². The van der Waals surface area contributed by atoms with Gasteiger partial charge in [-0.1, -0.05) is 6.42 Å². The first-order chi connectivity index (χ1) is 8.56. The van der Waals surface area contributed by atoms with E-state index in [0.29, 0.717) is 18.5 Å². The average Bonchev–Trinajstić information content (AvgIpc) is 2.82. The van der Waals surface area contributed by atoms with Gasteiger partial charge in [-0.25, -0.2) is 0 Å². The highest BCUT2D eigenvalue weighted by atomic mass is 16.1. The molecule has 3 N–H and O–H groups in total. The van der Waals surface area contributed by atoms with Gasteiger partial charge in [0.25, 0.3) is 0 Å². The molecular formula is C14H29N3O. The lowest BCUT2D eigenvalue weighted by Crippen LogP contribution is -2.37. The minimum absolute atomic E-state index is 0.165. The van der Waals surface area contributed by atoms with Crippen LogP contribution in [0.3, 0.4) is 0 Å². The molecule has 4 nitrogen and oxygen atoms in total. The summed E-state index contributed by atoms with van der Waals surface area (Å²) in [6.45, 7) is 6.83. The van der Waals surface area contributed by atoms with Crippen molar-refractivity contribution in [2.45, 2.75) is 45.6 Å². The summed E-state index contributed by atoms with van der Waals surface area (Å²) in [6.07, 6.45) is 4.29. The van der Waals surface area contributed by atoms with Crippen molar-refractivity contribution in [3.8, 4) is 0 Å². The maximum Gasteiger partial charge on any atom is 0.223 e. The summed E-state index contributed by atoms with van der Waals surface area (Å²) in [5.41, 5.74) is 5.70. The van der Waals surface area contributed by atoms with Crippen molar-refractivity contribution in [3.63, 3.8) is 0 Å². The van der Waals surface area contributed by atoms with Crippen LogP contribution in [-0.2, 0) is 4.79 Å². The Morgan fingerprint density at radius 3 is 2.78 bits per heavy atom. The summed E-state index contributed by atoms with van der Waals surface area (Å²) in [6, 6.07) is 0.567. The summed E-state index contributed by atoms with van der Waals surface area (Å²) in [7, 11) is 2.12. The number of rotatable bonds is 7. The summed E-state index contributed by atoms with van der Waals surface area (Å²) in [5.74, 6) is 0.788. The topological polar surface area (TPSA) is 58.4 Å². The fourth-order valence-corrected chi connectivity index (χ4v) is 2.59. The fraction of sp³-hybridized carbons (Fsp3) is 0.929. The quantitative estimate of drug-likeness (QED) is 0.672. The number of carbonyl (C=O) groups excluding carboxylic acids is 1. The molecule has 0 spiro atoms. The van der Waals surface area contributed by atoms with Gasteiger partial charge in [0.15, 0.2) is 0 Å². The molecule has 2 unspecified atom stereocenters. The van der Waals surface area contributed by atoms with Gasteiger partial charge in [0.2, 0.25) is 5.91 Å². The number of amides is 1. The van der Waals surface area contributed by atoms with Crippen molar-refractivity contribution >= 4 is 5.91 Å². The average molecular weight is 255 g/mol. The molecule has 0 aromatic rings. The zero-order valence-corrected chi connectivity index (χ0v) is 12.1. The van der Waals surface area contributed by atoms with Gasteiger partial charge in [-0.3, -0.25) is 4.79 Å². The molecule has 2 atom stereocenters. The zero-order valence-electron chi connectivity index (χ0n) is 12.1. The van der Waals surface area contributed by atoms with E-state index in [1.54, 1.807) is 0 Å². The highest BCUT2D eigenvalue weighted by Crippen LogP contribution is 2.30. The first-order valence-electron chi connectivity index (χ1n) is 7.24. The third-order valence-electron chi connectivity index (χ3n) is 4.17. The number of nitrogens with two attached hydrogens (primary N) is 1. The van der Waals surface area contributed by atoms with Gasteiger partial charge in [0, 0.05) is 18.5 Å². The van der Waals surface area contributed by atoms with E-state index in [1.165, 1.54) is 0 Å². The lowest BCUT2D eigenvalue weighted by atomic mass is 9.95. The standard InChI is InChI=1S/C14H29N3O/c1-11(2)17(3)9-5-8-16-14(18)13-7-4-6-12(13)10-15/h11-13H,4-10,15H2,1-3H3,(H,16,18). The Balaban J connectivity index is 2.17. The van der Waals surface area contributed by atoms with Crippen LogP contribution in [0.4, 0.5) is 0 Å². The van der Waals surface area contributed by atoms with E-state index >= 15 is 0 Å². The summed E-state index contributed by atoms with van der Waals surface area (Å²) in [4.78, 5) is 14.3. The Morgan fingerprint density at radius 2 is 2.17 bits per heavy atom. The van der Waals surface area contributed by atoms with Crippen LogP contribution in [0.1, 0.15) is 39.5 Å². The molecule has 0 aromatic heterocycles. The summed E-state index contributed by atoms with van der Waals surface area (Å²) in [5, 5.41) is 3.06. The minimum Gasteiger partial charge on any atom is -0.356 e. The minimum atomic E-state index is 0.165. The van der Waals surface area contributed by atoms with Crippen molar-refractivity contribution in [3.05, 3.63) is 0 Å². The van der Waals surface area contributed by atoms with E-state index in [0.717, 1.165) is 38.8 Å². The Kier molecular flexibility index (Phi) is 6.65. The van der Waals surface area contributed by atoms with Gasteiger partial charge in [-0.05, 0) is 59.2 Å². The monoisotopic (exact) mass is 255 g/mol. The number of nitrogens with one attached hydrogen (secondary N) is 1. The van der Waals surface area contributed by atoms with Crippen molar-refractivity contribution in [2.75, 3.05) is 26.7 Å². The first-order valence-corrected chi connectivity index (χ1v) is 7.24. The van der Waals surface area contributed by atoms with E-state index in [1.807, 2.05) is 0 Å². The molecule has 18 heavy (non-hydrogen) atoms. The molecule has 1 fully saturated rings. The molecule has 1 rings (SSSR count). The number of carbonyl (C=O) groups is 1. The molecule has 0 radical (unpaired) electrons. The number of hydrogen-bond acceptors (Lipinski definition) is 3. The van der Waals surface area contributed by atoms with Crippen LogP contribution in [0.15, 0.2) is 0 Å². The molecule has 106 valence electrons. The molecule has 0 heterocycles. The molecule has 1 aliphatic rings. The molecule has 0 aliphatic heterocycles. The van der Waals surface area contributed by atoms with E-state index in [2.05, 4.69) is 31.1 Å². The molecule has 0 aromatic carbocycles. The molecule has 4 heteroatoms. The third-order valence-corrected chi connectivity index (χ3v) is 4.17. The van der Waals surface area contributed by atoms with E-state index in [4.69, 9.17) is 5.73 Å². The van der Waals surface area contributed by atoms with Crippen molar-refractivity contribution in [2.24, 2.45) is 17.6 Å². The van der Waals surface area contributed by atoms with Gasteiger partial charge >= 0.3 is 0 Å². The van der Waals surface area contributed by atoms with Crippen molar-refractivity contribution < 1.29 is 4.79 Å². The summed E-state index contributed by atoms with van der Waals surface area (Å²) >= 11 is 0. The molecule has 1 saturated carbocycles. The molecule has 0 bridgehead atoms. The van der Waals surface area contributed by atoms with Gasteiger partial charge < -0.3 is 16.0 Å². The van der Waals surface area contributed by atoms with Gasteiger partial charge in [0.05, 0.1) is 0 Å². The van der Waals surface area contributed by atoms with Crippen LogP contribution in [0.5, 0.6) is 0 Å². The number of hydrogen-bond donors (Lipinski definition) is 2. The lowest BCUT2D eigenvalue weighted by Gasteiger charge is -2.21. The maximum atomic E-state index is 12.0. The van der Waals surface area contributed by atoms with E-state index in [-0.39, 0.29) is 11.8 Å². The number of nitrogens with zero attached hydrogens (tertiary/aromatic N) is 1. The van der Waals surface area contributed by atoms with Gasteiger partial charge in [0.1, 0.15) is 0 Å². The van der Waals surface area contributed by atoms with Crippen molar-refractivity contribution in [1.82, 2.24) is 10.2 Å². The van der Waals surface area contributed by atoms with Crippen LogP contribution >= 0.6 is 0 Å². The first kappa shape index (κ1) is 15.4. The second-order valence-electron chi connectivity index (χ2n) is 5.75. The van der Waals surface area contributed by atoms with Gasteiger partial charge in [-0.15, -0.1) is 0 Å². The largest absolute Gasteiger partial charge is 0.356 e. The Labute approximate surface area is 111 Å². The van der Waals surface area contributed by atoms with Crippen LogP contribution < -0.4 is 11.1 Å². The molecular weight excluding hydrogens is 226 g/mol. The van der Waals surface area contributed by atoms with Gasteiger partial charge in [-0.2, -0.15) is 0 Å². The fourth-order valence-electron chi connectivity index (χ4n) is 2.59. The second kappa shape index (κ2) is 7.74. The highest BCUT2D eigenvalue weighted by Gasteiger charge is 2.31. The van der Waals surface area contributed by atoms with E-state index in [9.17, 15) is 4.79 Å². The maximum absolute atomic E-state index is 12.0. The van der Waals surface area contributed by atoms with Crippen molar-refractivity contribution in [1.29, 1.82) is 0 Å². The second-order valence-corrected chi connectivity index (χ2v) is 5.75. The highest BCUT2D eigenvalue weighted by molar-refractivity contribution is 5.79. The normalized spacial score (nSPS) is 23.9. The lowest BCUT2D eigenvalue weighted by molar-refractivity contribution is -0.125. The van der Waals surface area contributed by atoms with Crippen LogP contribution in [0, 0.1) is 11.8 Å². The Bertz CT molecular complexity index is 255. The Hall–Kier alpha value is -0.610. The molecule has 0 saturated heterocycles. The van der Waals surface area contributed by atoms with E-state index < -0.39 is 0 Å². The Morgan fingerprint density at radius 1 is 1.44 bits per heavy atom. The zero-order chi connectivity index (χ0) is 13.5. The van der Waals surface area contributed by atoms with Crippen LogP contribution in [0.25, 0.3) is 0 Å². The summed E-state index contributed by atoms with van der Waals surface area (Å²) < 4.78 is 0.